The summed E-state index contributed by atoms with van der Waals surface area (Å²) in [6.07, 6.45) is -2.06. The van der Waals surface area contributed by atoms with Crippen molar-refractivity contribution in [2.75, 3.05) is 6.61 Å². The van der Waals surface area contributed by atoms with Crippen LogP contribution in [0.15, 0.2) is 151 Å². The second-order valence-electron chi connectivity index (χ2n) is 11.5. The molecule has 1 aliphatic heterocycles. The smallest absolute Gasteiger partial charge is 0.225 e. The van der Waals surface area contributed by atoms with Gasteiger partial charge in [0.2, 0.25) is 9.84 Å². The first-order chi connectivity index (χ1) is 23.6. The van der Waals surface area contributed by atoms with E-state index in [4.69, 9.17) is 23.7 Å². The summed E-state index contributed by atoms with van der Waals surface area (Å²) in [5.74, 6) is 0. The molecule has 1 aromatic heterocycles. The van der Waals surface area contributed by atoms with Crippen LogP contribution in [0.3, 0.4) is 0 Å². The molecule has 0 amide bonds. The number of nitrogens with zero attached hydrogens (tertiary/aromatic N) is 1. The molecular formula is C39H39NO7S. The molecule has 0 N–H and O–H groups in total. The standard InChI is InChI=1S/C39H39NO7S/c41-48(42,35-23-13-14-24-40-35)39-38(46-28-33-21-11-4-12-22-33)37(45-27-32-19-9-3-10-20-32)36(44-26-31-17-7-2-8-18-31)34(47-39)29-43-25-30-15-5-1-6-16-30/h1-24,34,36-39H,25-29H2/t34-,36-,37+,38+,39?/m1/s1. The second-order valence-corrected chi connectivity index (χ2v) is 13.5. The van der Waals surface area contributed by atoms with Crippen LogP contribution in [-0.4, -0.2) is 49.9 Å². The maximum Gasteiger partial charge on any atom is 0.225 e. The third-order valence-electron chi connectivity index (χ3n) is 8.08. The zero-order valence-electron chi connectivity index (χ0n) is 26.5. The van der Waals surface area contributed by atoms with E-state index in [1.54, 1.807) is 12.1 Å². The Kier molecular flexibility index (Phi) is 11.7. The van der Waals surface area contributed by atoms with Crippen molar-refractivity contribution in [3.63, 3.8) is 0 Å². The molecule has 4 aromatic carbocycles. The highest BCUT2D eigenvalue weighted by atomic mass is 32.2. The molecule has 0 bridgehead atoms. The fraction of sp³-hybridized carbons (Fsp3) is 0.256. The van der Waals surface area contributed by atoms with Crippen molar-refractivity contribution in [1.82, 2.24) is 4.98 Å². The summed E-state index contributed by atoms with van der Waals surface area (Å²) in [7, 11) is -4.18. The number of pyridine rings is 1. The number of sulfone groups is 1. The monoisotopic (exact) mass is 665 g/mol. The molecule has 5 aromatic rings. The van der Waals surface area contributed by atoms with Crippen LogP contribution < -0.4 is 0 Å². The van der Waals surface area contributed by atoms with Crippen LogP contribution in [0, 0.1) is 0 Å². The van der Waals surface area contributed by atoms with Gasteiger partial charge in [-0.3, -0.25) is 0 Å². The molecule has 9 heteroatoms. The topological polar surface area (TPSA) is 93.2 Å². The number of ether oxygens (including phenoxy) is 5. The van der Waals surface area contributed by atoms with E-state index in [0.717, 1.165) is 22.3 Å². The molecule has 6 rings (SSSR count). The van der Waals surface area contributed by atoms with E-state index in [0.29, 0.717) is 6.61 Å². The van der Waals surface area contributed by atoms with Gasteiger partial charge < -0.3 is 23.7 Å². The van der Waals surface area contributed by atoms with Crippen LogP contribution in [0.2, 0.25) is 0 Å². The third-order valence-corrected chi connectivity index (χ3v) is 9.89. The molecule has 1 aliphatic rings. The van der Waals surface area contributed by atoms with Crippen LogP contribution in [0.25, 0.3) is 0 Å². The summed E-state index contributed by atoms with van der Waals surface area (Å²) in [6.45, 7) is 0.954. The van der Waals surface area contributed by atoms with Crippen molar-refractivity contribution < 1.29 is 32.1 Å². The molecule has 0 radical (unpaired) electrons. The first-order valence-electron chi connectivity index (χ1n) is 16.0. The largest absolute Gasteiger partial charge is 0.374 e. The van der Waals surface area contributed by atoms with Crippen molar-refractivity contribution in [2.24, 2.45) is 0 Å². The Balaban J connectivity index is 1.37. The zero-order valence-corrected chi connectivity index (χ0v) is 27.3. The number of benzene rings is 4. The lowest BCUT2D eigenvalue weighted by atomic mass is 9.98. The Morgan fingerprint density at radius 1 is 0.521 bits per heavy atom. The fourth-order valence-electron chi connectivity index (χ4n) is 5.63. The van der Waals surface area contributed by atoms with E-state index < -0.39 is 39.7 Å². The predicted octanol–water partition coefficient (Wildman–Crippen LogP) is 6.55. The van der Waals surface area contributed by atoms with Crippen LogP contribution in [-0.2, 0) is 59.9 Å². The van der Waals surface area contributed by atoms with Gasteiger partial charge in [-0.05, 0) is 34.4 Å². The zero-order chi connectivity index (χ0) is 33.0. The van der Waals surface area contributed by atoms with Crippen molar-refractivity contribution >= 4 is 9.84 Å². The number of hydrogen-bond acceptors (Lipinski definition) is 8. The maximum atomic E-state index is 14.4. The molecule has 1 saturated heterocycles. The van der Waals surface area contributed by atoms with E-state index in [1.165, 1.54) is 12.3 Å². The normalized spacial score (nSPS) is 21.1. The predicted molar refractivity (Wildman–Crippen MR) is 181 cm³/mol. The third kappa shape index (κ3) is 8.82. The molecule has 1 fully saturated rings. The Morgan fingerprint density at radius 2 is 0.958 bits per heavy atom. The Bertz CT molecular complexity index is 1760. The maximum absolute atomic E-state index is 14.4. The molecule has 2 heterocycles. The SMILES string of the molecule is O=S(=O)(c1ccccn1)C1O[C@H](COCc2ccccc2)[C@@H](OCc2ccccc2)[C@H](OCc2ccccc2)[C@@H]1OCc1ccccc1. The summed E-state index contributed by atoms with van der Waals surface area (Å²) >= 11 is 0. The van der Waals surface area contributed by atoms with Crippen molar-refractivity contribution in [2.45, 2.75) is 61.3 Å². The van der Waals surface area contributed by atoms with Gasteiger partial charge in [0, 0.05) is 6.20 Å². The van der Waals surface area contributed by atoms with Crippen LogP contribution in [0.4, 0.5) is 0 Å². The Labute approximate surface area is 282 Å². The first kappa shape index (κ1) is 33.7. The van der Waals surface area contributed by atoms with E-state index in [2.05, 4.69) is 4.98 Å². The minimum absolute atomic E-state index is 0.0548. The highest BCUT2D eigenvalue weighted by Gasteiger charge is 2.53. The minimum Gasteiger partial charge on any atom is -0.374 e. The van der Waals surface area contributed by atoms with Gasteiger partial charge in [-0.15, -0.1) is 0 Å². The van der Waals surface area contributed by atoms with Gasteiger partial charge in [0.1, 0.15) is 24.4 Å². The van der Waals surface area contributed by atoms with Crippen LogP contribution in [0.5, 0.6) is 0 Å². The molecule has 248 valence electrons. The highest BCUT2D eigenvalue weighted by molar-refractivity contribution is 7.91. The molecule has 0 spiro atoms. The quantitative estimate of drug-likeness (QED) is 0.124. The molecule has 0 saturated carbocycles. The average Bonchev–Trinajstić information content (AvgIpc) is 3.14. The number of hydrogen-bond donors (Lipinski definition) is 0. The lowest BCUT2D eigenvalue weighted by Crippen LogP contribution is -2.63. The van der Waals surface area contributed by atoms with Gasteiger partial charge in [0.25, 0.3) is 0 Å². The Morgan fingerprint density at radius 3 is 1.44 bits per heavy atom. The van der Waals surface area contributed by atoms with E-state index in [9.17, 15) is 8.42 Å². The van der Waals surface area contributed by atoms with Crippen molar-refractivity contribution in [1.29, 1.82) is 0 Å². The average molecular weight is 666 g/mol. The van der Waals surface area contributed by atoms with Gasteiger partial charge in [0.15, 0.2) is 10.5 Å². The lowest BCUT2D eigenvalue weighted by Gasteiger charge is -2.45. The van der Waals surface area contributed by atoms with Gasteiger partial charge >= 0.3 is 0 Å². The van der Waals surface area contributed by atoms with Gasteiger partial charge in [0.05, 0.1) is 33.0 Å². The molecule has 1 unspecified atom stereocenters. The molecule has 0 aliphatic carbocycles. The molecule has 48 heavy (non-hydrogen) atoms. The summed E-state index contributed by atoms with van der Waals surface area (Å²) in [4.78, 5) is 4.19. The molecule has 8 nitrogen and oxygen atoms in total. The van der Waals surface area contributed by atoms with Crippen LogP contribution in [0.1, 0.15) is 22.3 Å². The van der Waals surface area contributed by atoms with Crippen molar-refractivity contribution in [3.8, 4) is 0 Å². The summed E-state index contributed by atoms with van der Waals surface area (Å²) < 4.78 is 61.2. The van der Waals surface area contributed by atoms with Crippen molar-refractivity contribution in [3.05, 3.63) is 168 Å². The number of rotatable bonds is 15. The van der Waals surface area contributed by atoms with Gasteiger partial charge in [-0.2, -0.15) is 0 Å². The summed E-state index contributed by atoms with van der Waals surface area (Å²) in [6, 6.07) is 43.6. The van der Waals surface area contributed by atoms with Gasteiger partial charge in [-0.1, -0.05) is 127 Å². The van der Waals surface area contributed by atoms with E-state index in [1.807, 2.05) is 121 Å². The van der Waals surface area contributed by atoms with Gasteiger partial charge in [-0.25, -0.2) is 13.4 Å². The first-order valence-corrected chi connectivity index (χ1v) is 17.5. The Hall–Kier alpha value is -4.22. The summed E-state index contributed by atoms with van der Waals surface area (Å²) in [5, 5.41) is -0.113. The lowest BCUT2D eigenvalue weighted by molar-refractivity contribution is -0.256. The minimum atomic E-state index is -4.18. The molecular weight excluding hydrogens is 626 g/mol. The number of aromatic nitrogens is 1. The summed E-state index contributed by atoms with van der Waals surface area (Å²) in [5.41, 5.74) is 2.28. The van der Waals surface area contributed by atoms with E-state index in [-0.39, 0.29) is 31.5 Å². The second kappa shape index (κ2) is 16.7. The van der Waals surface area contributed by atoms with Crippen LogP contribution >= 0.6 is 0 Å². The molecule has 5 atom stereocenters. The van der Waals surface area contributed by atoms with E-state index >= 15 is 0 Å². The highest BCUT2D eigenvalue weighted by Crippen LogP contribution is 2.35. The fourth-order valence-corrected chi connectivity index (χ4v) is 7.22.